The summed E-state index contributed by atoms with van der Waals surface area (Å²) in [5.74, 6) is 1.57. The van der Waals surface area contributed by atoms with Crippen molar-refractivity contribution >= 4 is 11.5 Å². The average molecular weight is 253 g/mol. The fourth-order valence-electron chi connectivity index (χ4n) is 2.04. The van der Waals surface area contributed by atoms with Gasteiger partial charge in [0.1, 0.15) is 5.82 Å². The van der Waals surface area contributed by atoms with Gasteiger partial charge in [-0.15, -0.1) is 10.2 Å². The molecule has 1 N–H and O–H groups in total. The van der Waals surface area contributed by atoms with Crippen LogP contribution in [0.1, 0.15) is 11.4 Å². The van der Waals surface area contributed by atoms with E-state index in [4.69, 9.17) is 0 Å². The van der Waals surface area contributed by atoms with Crippen molar-refractivity contribution in [1.82, 2.24) is 19.6 Å². The summed E-state index contributed by atoms with van der Waals surface area (Å²) >= 11 is 0. The monoisotopic (exact) mass is 253 g/mol. The molecule has 19 heavy (non-hydrogen) atoms. The second-order valence-electron chi connectivity index (χ2n) is 4.40. The fraction of sp³-hybridized carbons (Fsp3) is 0.214. The van der Waals surface area contributed by atoms with Crippen molar-refractivity contribution in [2.24, 2.45) is 0 Å². The lowest BCUT2D eigenvalue weighted by atomic mass is 10.2. The maximum atomic E-state index is 4.16. The Morgan fingerprint density at radius 3 is 2.95 bits per heavy atom. The van der Waals surface area contributed by atoms with E-state index in [1.165, 1.54) is 5.56 Å². The van der Waals surface area contributed by atoms with Crippen LogP contribution in [0, 0.1) is 6.92 Å². The third kappa shape index (κ3) is 2.40. The minimum atomic E-state index is 0.647. The zero-order chi connectivity index (χ0) is 13.1. The van der Waals surface area contributed by atoms with Crippen molar-refractivity contribution in [3.05, 3.63) is 54.1 Å². The molecule has 0 atom stereocenters. The van der Waals surface area contributed by atoms with Crippen LogP contribution in [0.4, 0.5) is 5.69 Å². The number of anilines is 1. The Kier molecular flexibility index (Phi) is 3.10. The van der Waals surface area contributed by atoms with Crippen LogP contribution in [-0.4, -0.2) is 26.1 Å². The first-order chi connectivity index (χ1) is 9.34. The van der Waals surface area contributed by atoms with Crippen molar-refractivity contribution in [2.45, 2.75) is 13.3 Å². The lowest BCUT2D eigenvalue weighted by molar-refractivity contribution is 0.869. The van der Waals surface area contributed by atoms with Gasteiger partial charge in [0.25, 0.3) is 5.78 Å². The Hall–Kier alpha value is -2.43. The van der Waals surface area contributed by atoms with E-state index >= 15 is 0 Å². The summed E-state index contributed by atoms with van der Waals surface area (Å²) in [7, 11) is 0. The zero-order valence-electron chi connectivity index (χ0n) is 10.7. The third-order valence-corrected chi connectivity index (χ3v) is 3.07. The molecule has 5 heteroatoms. The Balaban J connectivity index is 1.68. The summed E-state index contributed by atoms with van der Waals surface area (Å²) < 4.78 is 1.92. The Morgan fingerprint density at radius 1 is 1.16 bits per heavy atom. The van der Waals surface area contributed by atoms with Gasteiger partial charge in [-0.05, 0) is 24.6 Å². The van der Waals surface area contributed by atoms with Gasteiger partial charge in [0.2, 0.25) is 0 Å². The van der Waals surface area contributed by atoms with Crippen LogP contribution in [0.5, 0.6) is 0 Å². The summed E-state index contributed by atoms with van der Waals surface area (Å²) in [6, 6.07) is 10.1. The van der Waals surface area contributed by atoms with E-state index < -0.39 is 0 Å². The van der Waals surface area contributed by atoms with E-state index in [1.54, 1.807) is 6.20 Å². The highest BCUT2D eigenvalue weighted by molar-refractivity contribution is 5.50. The summed E-state index contributed by atoms with van der Waals surface area (Å²) in [5, 5.41) is 11.6. The molecule has 0 saturated heterocycles. The molecule has 0 aliphatic heterocycles. The molecule has 0 unspecified atom stereocenters. The zero-order valence-corrected chi connectivity index (χ0v) is 10.7. The van der Waals surface area contributed by atoms with Crippen LogP contribution in [-0.2, 0) is 6.42 Å². The summed E-state index contributed by atoms with van der Waals surface area (Å²) in [5.41, 5.74) is 2.41. The van der Waals surface area contributed by atoms with E-state index in [2.05, 4.69) is 39.6 Å². The number of aromatic nitrogens is 4. The van der Waals surface area contributed by atoms with Crippen molar-refractivity contribution in [1.29, 1.82) is 0 Å². The molecule has 0 radical (unpaired) electrons. The van der Waals surface area contributed by atoms with Gasteiger partial charge in [-0.1, -0.05) is 18.2 Å². The van der Waals surface area contributed by atoms with E-state index in [-0.39, 0.29) is 0 Å². The van der Waals surface area contributed by atoms with Gasteiger partial charge in [-0.3, -0.25) is 4.40 Å². The molecular weight excluding hydrogens is 238 g/mol. The first kappa shape index (κ1) is 11.6. The molecule has 0 saturated carbocycles. The van der Waals surface area contributed by atoms with Crippen LogP contribution in [0.25, 0.3) is 5.78 Å². The Morgan fingerprint density at radius 2 is 2.05 bits per heavy atom. The smallest absolute Gasteiger partial charge is 0.254 e. The predicted molar refractivity (Wildman–Crippen MR) is 74.2 cm³/mol. The van der Waals surface area contributed by atoms with E-state index in [9.17, 15) is 0 Å². The number of nitrogens with zero attached hydrogens (tertiary/aromatic N) is 4. The van der Waals surface area contributed by atoms with Gasteiger partial charge in [-0.2, -0.15) is 0 Å². The van der Waals surface area contributed by atoms with Gasteiger partial charge < -0.3 is 5.32 Å². The first-order valence-corrected chi connectivity index (χ1v) is 6.29. The minimum Gasteiger partial charge on any atom is -0.384 e. The fourth-order valence-corrected chi connectivity index (χ4v) is 2.04. The van der Waals surface area contributed by atoms with E-state index in [0.717, 1.165) is 24.5 Å². The van der Waals surface area contributed by atoms with Gasteiger partial charge in [-0.25, -0.2) is 4.98 Å². The number of aryl methyl sites for hydroxylation is 1. The molecule has 0 amide bonds. The maximum absolute atomic E-state index is 4.16. The van der Waals surface area contributed by atoms with Gasteiger partial charge in [0, 0.05) is 31.0 Å². The lowest BCUT2D eigenvalue weighted by Crippen LogP contribution is -2.08. The van der Waals surface area contributed by atoms with Crippen molar-refractivity contribution in [3.63, 3.8) is 0 Å². The summed E-state index contributed by atoms with van der Waals surface area (Å²) in [6.45, 7) is 2.92. The SMILES string of the molecule is Cc1ccccc1NCCc1nnc2ncccn12. The molecule has 0 aliphatic carbocycles. The van der Waals surface area contributed by atoms with Gasteiger partial charge in [0.15, 0.2) is 0 Å². The Labute approximate surface area is 111 Å². The third-order valence-electron chi connectivity index (χ3n) is 3.07. The number of nitrogens with one attached hydrogen (secondary N) is 1. The molecule has 5 nitrogen and oxygen atoms in total. The molecule has 2 aromatic heterocycles. The normalized spacial score (nSPS) is 10.8. The van der Waals surface area contributed by atoms with Crippen LogP contribution in [0.15, 0.2) is 42.7 Å². The molecule has 0 aliphatic rings. The van der Waals surface area contributed by atoms with Crippen molar-refractivity contribution < 1.29 is 0 Å². The first-order valence-electron chi connectivity index (χ1n) is 6.29. The van der Waals surface area contributed by atoms with Crippen LogP contribution in [0.3, 0.4) is 0 Å². The number of rotatable bonds is 4. The van der Waals surface area contributed by atoms with Crippen LogP contribution >= 0.6 is 0 Å². The molecule has 3 aromatic rings. The van der Waals surface area contributed by atoms with Crippen molar-refractivity contribution in [2.75, 3.05) is 11.9 Å². The van der Waals surface area contributed by atoms with E-state index in [0.29, 0.717) is 5.78 Å². The molecule has 96 valence electrons. The predicted octanol–water partition coefficient (Wildman–Crippen LogP) is 2.09. The number of hydrogen-bond acceptors (Lipinski definition) is 4. The Bertz CT molecular complexity index is 689. The topological polar surface area (TPSA) is 55.1 Å². The maximum Gasteiger partial charge on any atom is 0.254 e. The number of hydrogen-bond donors (Lipinski definition) is 1. The van der Waals surface area contributed by atoms with Crippen LogP contribution in [0.2, 0.25) is 0 Å². The largest absolute Gasteiger partial charge is 0.384 e. The summed E-state index contributed by atoms with van der Waals surface area (Å²) in [6.07, 6.45) is 4.46. The molecule has 3 rings (SSSR count). The molecular formula is C14H15N5. The number of fused-ring (bicyclic) bond motifs is 1. The van der Waals surface area contributed by atoms with Gasteiger partial charge >= 0.3 is 0 Å². The standard InChI is InChI=1S/C14H15N5/c1-11-5-2-3-6-12(11)15-9-7-13-17-18-14-16-8-4-10-19(13)14/h2-6,8,10,15H,7,9H2,1H3. The second-order valence-corrected chi connectivity index (χ2v) is 4.40. The highest BCUT2D eigenvalue weighted by Gasteiger charge is 2.05. The lowest BCUT2D eigenvalue weighted by Gasteiger charge is -2.08. The molecule has 0 bridgehead atoms. The number of para-hydroxylation sites is 1. The highest BCUT2D eigenvalue weighted by atomic mass is 15.3. The van der Waals surface area contributed by atoms with Crippen molar-refractivity contribution in [3.8, 4) is 0 Å². The van der Waals surface area contributed by atoms with E-state index in [1.807, 2.05) is 28.8 Å². The number of benzene rings is 1. The average Bonchev–Trinajstić information content (AvgIpc) is 2.85. The second kappa shape index (κ2) is 5.06. The van der Waals surface area contributed by atoms with Gasteiger partial charge in [0.05, 0.1) is 0 Å². The minimum absolute atomic E-state index is 0.647. The molecule has 1 aromatic carbocycles. The molecule has 0 fully saturated rings. The molecule has 2 heterocycles. The highest BCUT2D eigenvalue weighted by Crippen LogP contribution is 2.12. The molecule has 0 spiro atoms. The van der Waals surface area contributed by atoms with Crippen LogP contribution < -0.4 is 5.32 Å². The quantitative estimate of drug-likeness (QED) is 0.773. The summed E-state index contributed by atoms with van der Waals surface area (Å²) in [4.78, 5) is 4.15.